The van der Waals surface area contributed by atoms with Crippen LogP contribution in [0.5, 0.6) is 17.2 Å². The van der Waals surface area contributed by atoms with Crippen LogP contribution >= 0.6 is 11.6 Å². The number of nitrogens with one attached hydrogen (secondary N) is 1. The number of ether oxygens (including phenoxy) is 3. The molecule has 1 aliphatic carbocycles. The first kappa shape index (κ1) is 32.7. The van der Waals surface area contributed by atoms with Crippen LogP contribution in [0.2, 0.25) is 5.02 Å². The maximum absolute atomic E-state index is 11.8. The predicted octanol–water partition coefficient (Wildman–Crippen LogP) is 7.36. The van der Waals surface area contributed by atoms with Crippen molar-refractivity contribution >= 4 is 17.5 Å². The molecule has 0 bridgehead atoms. The highest BCUT2D eigenvalue weighted by molar-refractivity contribution is 6.32. The first-order chi connectivity index (χ1) is 22.2. The summed E-state index contributed by atoms with van der Waals surface area (Å²) in [6.45, 7) is 15.1. The zero-order valence-corrected chi connectivity index (χ0v) is 28.5. The van der Waals surface area contributed by atoms with Crippen molar-refractivity contribution in [2.75, 3.05) is 45.9 Å². The number of nitrogens with zero attached hydrogens (tertiary/aromatic N) is 2. The molecule has 246 valence electrons. The maximum Gasteiger partial charge on any atom is 0.221 e. The molecule has 0 spiro atoms. The van der Waals surface area contributed by atoms with Crippen molar-refractivity contribution in [1.82, 2.24) is 15.1 Å². The molecule has 1 atom stereocenters. The third-order valence-electron chi connectivity index (χ3n) is 9.95. The molecule has 1 N–H and O–H groups in total. The van der Waals surface area contributed by atoms with Crippen molar-refractivity contribution in [3.8, 4) is 28.4 Å². The number of hydrogen-bond donors (Lipinski definition) is 1. The van der Waals surface area contributed by atoms with Crippen molar-refractivity contribution in [2.24, 2.45) is 0 Å². The van der Waals surface area contributed by atoms with Crippen LogP contribution in [0.15, 0.2) is 48.5 Å². The van der Waals surface area contributed by atoms with Crippen LogP contribution in [0.25, 0.3) is 11.1 Å². The largest absolute Gasteiger partial charge is 0.493 e. The summed E-state index contributed by atoms with van der Waals surface area (Å²) < 4.78 is 19.0. The summed E-state index contributed by atoms with van der Waals surface area (Å²) in [6, 6.07) is 16.8. The molecule has 0 saturated carbocycles. The SMILES string of the molecule is CCOc1cc(O[C@H]2CCc3c(-c4cccc(OCCCN5CCC5(C)C)c4C)cccc32)c(Cl)cc1CN1CCNC(=O)CC1. The van der Waals surface area contributed by atoms with Gasteiger partial charge in [-0.25, -0.2) is 0 Å². The Bertz CT molecular complexity index is 1560. The number of hydrogen-bond acceptors (Lipinski definition) is 6. The molecular formula is C38H48ClN3O4. The van der Waals surface area contributed by atoms with Crippen molar-refractivity contribution in [3.63, 3.8) is 0 Å². The minimum Gasteiger partial charge on any atom is -0.493 e. The Hall–Kier alpha value is -3.26. The highest BCUT2D eigenvalue weighted by Gasteiger charge is 2.35. The quantitative estimate of drug-likeness (QED) is 0.208. The normalized spacial score (nSPS) is 19.6. The third-order valence-corrected chi connectivity index (χ3v) is 10.2. The van der Waals surface area contributed by atoms with Gasteiger partial charge in [-0.1, -0.05) is 41.9 Å². The molecule has 8 heteroatoms. The zero-order chi connectivity index (χ0) is 32.3. The summed E-state index contributed by atoms with van der Waals surface area (Å²) in [5.41, 5.74) is 7.51. The number of amides is 1. The fraction of sp³-hybridized carbons (Fsp3) is 0.500. The Balaban J connectivity index is 1.16. The molecule has 46 heavy (non-hydrogen) atoms. The molecule has 2 saturated heterocycles. The maximum atomic E-state index is 11.8. The molecular weight excluding hydrogens is 598 g/mol. The van der Waals surface area contributed by atoms with Crippen LogP contribution in [-0.4, -0.2) is 67.2 Å². The minimum absolute atomic E-state index is 0.0963. The van der Waals surface area contributed by atoms with E-state index < -0.39 is 0 Å². The Morgan fingerprint density at radius 3 is 2.59 bits per heavy atom. The van der Waals surface area contributed by atoms with Gasteiger partial charge in [-0.3, -0.25) is 14.6 Å². The lowest BCUT2D eigenvalue weighted by Crippen LogP contribution is -2.55. The Kier molecular flexibility index (Phi) is 10.1. The number of carbonyl (C=O) groups excluding carboxylic acids is 1. The van der Waals surface area contributed by atoms with Crippen LogP contribution in [0.1, 0.15) is 74.8 Å². The number of benzene rings is 3. The van der Waals surface area contributed by atoms with Crippen LogP contribution in [-0.2, 0) is 17.8 Å². The van der Waals surface area contributed by atoms with Gasteiger partial charge in [-0.05, 0) is 93.3 Å². The van der Waals surface area contributed by atoms with Gasteiger partial charge in [0.15, 0.2) is 0 Å². The Morgan fingerprint density at radius 1 is 0.978 bits per heavy atom. The lowest BCUT2D eigenvalue weighted by molar-refractivity contribution is -0.120. The van der Waals surface area contributed by atoms with E-state index in [1.807, 2.05) is 19.1 Å². The summed E-state index contributed by atoms with van der Waals surface area (Å²) in [5, 5.41) is 3.52. The number of fused-ring (bicyclic) bond motifs is 1. The van der Waals surface area contributed by atoms with Crippen LogP contribution in [0, 0.1) is 6.92 Å². The first-order valence-corrected chi connectivity index (χ1v) is 17.3. The number of halogens is 1. The average molecular weight is 646 g/mol. The number of carbonyl (C=O) groups is 1. The minimum atomic E-state index is -0.0963. The van der Waals surface area contributed by atoms with Crippen molar-refractivity contribution in [2.45, 2.75) is 78.0 Å². The molecule has 2 aliphatic heterocycles. The molecule has 3 aromatic rings. The smallest absolute Gasteiger partial charge is 0.221 e. The summed E-state index contributed by atoms with van der Waals surface area (Å²) in [5.74, 6) is 2.47. The van der Waals surface area contributed by atoms with E-state index in [1.54, 1.807) is 0 Å². The molecule has 7 nitrogen and oxygen atoms in total. The van der Waals surface area contributed by atoms with Gasteiger partial charge in [0, 0.05) is 62.9 Å². The van der Waals surface area contributed by atoms with E-state index in [0.29, 0.717) is 49.0 Å². The topological polar surface area (TPSA) is 63.3 Å². The summed E-state index contributed by atoms with van der Waals surface area (Å²) >= 11 is 6.86. The highest BCUT2D eigenvalue weighted by atomic mass is 35.5. The third kappa shape index (κ3) is 7.17. The van der Waals surface area contributed by atoms with Gasteiger partial charge in [-0.2, -0.15) is 0 Å². The fourth-order valence-electron chi connectivity index (χ4n) is 7.07. The van der Waals surface area contributed by atoms with Gasteiger partial charge in [0.2, 0.25) is 5.91 Å². The van der Waals surface area contributed by atoms with Crippen LogP contribution in [0.3, 0.4) is 0 Å². The second-order valence-electron chi connectivity index (χ2n) is 13.4. The van der Waals surface area contributed by atoms with E-state index in [0.717, 1.165) is 56.0 Å². The average Bonchev–Trinajstić information content (AvgIpc) is 3.33. The van der Waals surface area contributed by atoms with Gasteiger partial charge < -0.3 is 19.5 Å². The Labute approximate surface area is 279 Å². The van der Waals surface area contributed by atoms with Crippen LogP contribution in [0.4, 0.5) is 0 Å². The lowest BCUT2D eigenvalue weighted by atomic mass is 9.89. The summed E-state index contributed by atoms with van der Waals surface area (Å²) in [7, 11) is 0. The second-order valence-corrected chi connectivity index (χ2v) is 13.8. The van der Waals surface area contributed by atoms with E-state index in [9.17, 15) is 4.79 Å². The van der Waals surface area contributed by atoms with Crippen LogP contribution < -0.4 is 19.5 Å². The summed E-state index contributed by atoms with van der Waals surface area (Å²) in [4.78, 5) is 16.6. The molecule has 3 aromatic carbocycles. The van der Waals surface area contributed by atoms with Crippen molar-refractivity contribution in [1.29, 1.82) is 0 Å². The van der Waals surface area contributed by atoms with Gasteiger partial charge in [0.1, 0.15) is 23.4 Å². The van der Waals surface area contributed by atoms with E-state index in [1.165, 1.54) is 40.8 Å². The van der Waals surface area contributed by atoms with E-state index in [-0.39, 0.29) is 12.0 Å². The van der Waals surface area contributed by atoms with E-state index >= 15 is 0 Å². The van der Waals surface area contributed by atoms with Gasteiger partial charge in [0.25, 0.3) is 0 Å². The molecule has 0 radical (unpaired) electrons. The fourth-order valence-corrected chi connectivity index (χ4v) is 7.30. The van der Waals surface area contributed by atoms with E-state index in [2.05, 4.69) is 72.3 Å². The van der Waals surface area contributed by atoms with Crippen molar-refractivity contribution in [3.05, 3.63) is 75.8 Å². The molecule has 0 aromatic heterocycles. The Morgan fingerprint density at radius 2 is 1.80 bits per heavy atom. The highest BCUT2D eigenvalue weighted by Crippen LogP contribution is 2.44. The second kappa shape index (κ2) is 14.2. The lowest BCUT2D eigenvalue weighted by Gasteiger charge is -2.48. The first-order valence-electron chi connectivity index (χ1n) is 16.9. The zero-order valence-electron chi connectivity index (χ0n) is 27.8. The number of rotatable bonds is 12. The van der Waals surface area contributed by atoms with E-state index in [4.69, 9.17) is 25.8 Å². The molecule has 1 amide bonds. The molecule has 3 aliphatic rings. The molecule has 0 unspecified atom stereocenters. The standard InChI is InChI=1S/C38H48ClN3O4/c1-5-44-35-24-36(32(39)23-27(35)25-41-19-15-37(43)40-17-21-41)46-34-14-13-30-29(10-6-11-31(30)34)28-9-7-12-33(26(28)2)45-22-8-18-42-20-16-38(42,3)4/h6-7,9-12,23-24,34H,5,8,13-22,25H2,1-4H3,(H,40,43)/t34-/m0/s1. The monoisotopic (exact) mass is 645 g/mol. The van der Waals surface area contributed by atoms with Gasteiger partial charge in [0.05, 0.1) is 18.2 Å². The molecule has 2 heterocycles. The predicted molar refractivity (Wildman–Crippen MR) is 184 cm³/mol. The van der Waals surface area contributed by atoms with Gasteiger partial charge in [-0.15, -0.1) is 0 Å². The van der Waals surface area contributed by atoms with Crippen molar-refractivity contribution < 1.29 is 19.0 Å². The van der Waals surface area contributed by atoms with Gasteiger partial charge >= 0.3 is 0 Å². The summed E-state index contributed by atoms with van der Waals surface area (Å²) in [6.07, 6.45) is 4.51. The molecule has 2 fully saturated rings. The molecule has 6 rings (SSSR count). The number of likely N-dealkylation sites (tertiary alicyclic amines) is 1.